The maximum absolute atomic E-state index is 11.3. The van der Waals surface area contributed by atoms with Crippen LogP contribution in [-0.2, 0) is 28.6 Å². The molecule has 0 amide bonds. The zero-order valence-electron chi connectivity index (χ0n) is 9.30. The third kappa shape index (κ3) is 5.30. The molecule has 0 saturated carbocycles. The topological polar surface area (TPSA) is 83.4 Å². The van der Waals surface area contributed by atoms with Crippen LogP contribution in [0.2, 0.25) is 0 Å². The SMILES string of the molecule is C=NOCOC(C(=O)OCC)C(=O)OCC. The fraction of sp³-hybridized carbons (Fsp3) is 0.667. The number of hydrogen-bond acceptors (Lipinski definition) is 7. The number of carbonyl (C=O) groups is 2. The van der Waals surface area contributed by atoms with Crippen molar-refractivity contribution in [2.24, 2.45) is 5.16 Å². The van der Waals surface area contributed by atoms with E-state index in [1.54, 1.807) is 13.8 Å². The quantitative estimate of drug-likeness (QED) is 0.147. The Kier molecular flexibility index (Phi) is 7.78. The molecule has 0 N–H and O–H groups in total. The Hall–Kier alpha value is -1.63. The highest BCUT2D eigenvalue weighted by Gasteiger charge is 2.30. The smallest absolute Gasteiger partial charge is 0.347 e. The van der Waals surface area contributed by atoms with E-state index in [0.717, 1.165) is 0 Å². The van der Waals surface area contributed by atoms with Crippen molar-refractivity contribution >= 4 is 18.7 Å². The molecular formula is C9H15NO6. The van der Waals surface area contributed by atoms with Gasteiger partial charge in [0.05, 0.1) is 13.2 Å². The first-order valence-corrected chi connectivity index (χ1v) is 4.70. The summed E-state index contributed by atoms with van der Waals surface area (Å²) in [6.45, 7) is 6.15. The number of carbonyl (C=O) groups excluding carboxylic acids is 2. The van der Waals surface area contributed by atoms with Crippen molar-refractivity contribution in [3.05, 3.63) is 0 Å². The highest BCUT2D eigenvalue weighted by molar-refractivity contribution is 5.98. The summed E-state index contributed by atoms with van der Waals surface area (Å²) in [7, 11) is 0. The van der Waals surface area contributed by atoms with Gasteiger partial charge in [0.15, 0.2) is 0 Å². The summed E-state index contributed by atoms with van der Waals surface area (Å²) in [5, 5.41) is 3.04. The van der Waals surface area contributed by atoms with Crippen LogP contribution in [0.15, 0.2) is 5.16 Å². The van der Waals surface area contributed by atoms with Gasteiger partial charge in [0.2, 0.25) is 6.79 Å². The second-order valence-electron chi connectivity index (χ2n) is 2.43. The predicted molar refractivity (Wildman–Crippen MR) is 53.6 cm³/mol. The molecule has 7 nitrogen and oxygen atoms in total. The van der Waals surface area contributed by atoms with E-state index >= 15 is 0 Å². The maximum Gasteiger partial charge on any atom is 0.347 e. The molecule has 92 valence electrons. The minimum atomic E-state index is -1.46. The van der Waals surface area contributed by atoms with Gasteiger partial charge in [-0.1, -0.05) is 0 Å². The summed E-state index contributed by atoms with van der Waals surface area (Å²) in [6.07, 6.45) is -1.46. The zero-order chi connectivity index (χ0) is 12.4. The third-order valence-corrected chi connectivity index (χ3v) is 1.38. The van der Waals surface area contributed by atoms with Gasteiger partial charge in [-0.25, -0.2) is 9.59 Å². The number of nitrogens with zero attached hydrogens (tertiary/aromatic N) is 1. The number of ether oxygens (including phenoxy) is 3. The lowest BCUT2D eigenvalue weighted by Gasteiger charge is -2.13. The molecule has 7 heteroatoms. The molecule has 0 aromatic heterocycles. The highest BCUT2D eigenvalue weighted by atomic mass is 16.8. The van der Waals surface area contributed by atoms with Crippen molar-refractivity contribution in [3.8, 4) is 0 Å². The van der Waals surface area contributed by atoms with Gasteiger partial charge >= 0.3 is 11.9 Å². The summed E-state index contributed by atoms with van der Waals surface area (Å²) < 4.78 is 14.1. The first-order valence-electron chi connectivity index (χ1n) is 4.70. The first-order chi connectivity index (χ1) is 7.67. The molecule has 0 radical (unpaired) electrons. The van der Waals surface area contributed by atoms with E-state index in [1.807, 2.05) is 0 Å². The number of oxime groups is 1. The van der Waals surface area contributed by atoms with Crippen molar-refractivity contribution in [1.82, 2.24) is 0 Å². The van der Waals surface area contributed by atoms with Gasteiger partial charge in [-0.2, -0.15) is 0 Å². The minimum Gasteiger partial charge on any atom is -0.464 e. The minimum absolute atomic E-state index is 0.138. The monoisotopic (exact) mass is 233 g/mol. The number of esters is 2. The van der Waals surface area contributed by atoms with Crippen LogP contribution >= 0.6 is 0 Å². The van der Waals surface area contributed by atoms with Crippen molar-refractivity contribution in [1.29, 1.82) is 0 Å². The molecule has 0 rings (SSSR count). The lowest BCUT2D eigenvalue weighted by molar-refractivity contribution is -0.182. The van der Waals surface area contributed by atoms with Crippen LogP contribution < -0.4 is 0 Å². The van der Waals surface area contributed by atoms with Crippen molar-refractivity contribution in [3.63, 3.8) is 0 Å². The summed E-state index contributed by atoms with van der Waals surface area (Å²) in [5.41, 5.74) is 0. The third-order valence-electron chi connectivity index (χ3n) is 1.38. The Labute approximate surface area is 93.3 Å². The molecule has 0 unspecified atom stereocenters. The lowest BCUT2D eigenvalue weighted by Crippen LogP contribution is -2.36. The average Bonchev–Trinajstić information content (AvgIpc) is 2.25. The normalized spacial score (nSPS) is 9.69. The molecule has 0 heterocycles. The second kappa shape index (κ2) is 8.66. The van der Waals surface area contributed by atoms with E-state index in [4.69, 9.17) is 4.74 Å². The number of hydrogen-bond donors (Lipinski definition) is 0. The van der Waals surface area contributed by atoms with Crippen LogP contribution in [-0.4, -0.2) is 44.8 Å². The maximum atomic E-state index is 11.3. The zero-order valence-corrected chi connectivity index (χ0v) is 9.30. The van der Waals surface area contributed by atoms with Gasteiger partial charge in [0.25, 0.3) is 6.10 Å². The summed E-state index contributed by atoms with van der Waals surface area (Å²) in [4.78, 5) is 27.0. The molecule has 16 heavy (non-hydrogen) atoms. The van der Waals surface area contributed by atoms with Crippen molar-refractivity contribution in [2.45, 2.75) is 20.0 Å². The van der Waals surface area contributed by atoms with Crippen LogP contribution in [0.3, 0.4) is 0 Å². The Morgan fingerprint density at radius 3 is 2.06 bits per heavy atom. The summed E-state index contributed by atoms with van der Waals surface area (Å²) >= 11 is 0. The van der Waals surface area contributed by atoms with Gasteiger partial charge in [0, 0.05) is 6.72 Å². The van der Waals surface area contributed by atoms with Gasteiger partial charge in [0.1, 0.15) is 0 Å². The van der Waals surface area contributed by atoms with Crippen molar-refractivity contribution in [2.75, 3.05) is 20.0 Å². The molecule has 0 fully saturated rings. The van der Waals surface area contributed by atoms with Crippen LogP contribution in [0.5, 0.6) is 0 Å². The van der Waals surface area contributed by atoms with Crippen LogP contribution in [0.4, 0.5) is 0 Å². The van der Waals surface area contributed by atoms with E-state index in [-0.39, 0.29) is 20.0 Å². The van der Waals surface area contributed by atoms with E-state index in [2.05, 4.69) is 26.2 Å². The Bertz CT molecular complexity index is 224. The lowest BCUT2D eigenvalue weighted by atomic mass is 10.3. The largest absolute Gasteiger partial charge is 0.464 e. The standard InChI is InChI=1S/C9H15NO6/c1-4-13-8(11)7(9(12)14-5-2)15-6-16-10-3/h7H,3-6H2,1-2H3. The Morgan fingerprint density at radius 2 is 1.69 bits per heavy atom. The predicted octanol–water partition coefficient (Wildman–Crippen LogP) is 0.0875. The summed E-state index contributed by atoms with van der Waals surface area (Å²) in [5.74, 6) is -1.65. The molecule has 0 aliphatic heterocycles. The molecule has 0 aromatic rings. The van der Waals surface area contributed by atoms with E-state index in [0.29, 0.717) is 0 Å². The van der Waals surface area contributed by atoms with E-state index in [1.165, 1.54) is 0 Å². The van der Waals surface area contributed by atoms with Crippen LogP contribution in [0, 0.1) is 0 Å². The molecule has 0 aliphatic carbocycles. The van der Waals surface area contributed by atoms with E-state index in [9.17, 15) is 9.59 Å². The molecular weight excluding hydrogens is 218 g/mol. The molecule has 0 spiro atoms. The highest BCUT2D eigenvalue weighted by Crippen LogP contribution is 2.00. The Balaban J connectivity index is 4.30. The fourth-order valence-electron chi connectivity index (χ4n) is 0.804. The van der Waals surface area contributed by atoms with Crippen molar-refractivity contribution < 1.29 is 28.6 Å². The summed E-state index contributed by atoms with van der Waals surface area (Å²) in [6, 6.07) is 0. The average molecular weight is 233 g/mol. The van der Waals surface area contributed by atoms with Gasteiger partial charge < -0.3 is 19.0 Å². The van der Waals surface area contributed by atoms with Gasteiger partial charge in [-0.05, 0) is 13.8 Å². The van der Waals surface area contributed by atoms with Crippen LogP contribution in [0.25, 0.3) is 0 Å². The Morgan fingerprint density at radius 1 is 1.19 bits per heavy atom. The second-order valence-corrected chi connectivity index (χ2v) is 2.43. The van der Waals surface area contributed by atoms with Gasteiger partial charge in [-0.3, -0.25) is 0 Å². The van der Waals surface area contributed by atoms with E-state index < -0.39 is 18.0 Å². The molecule has 0 bridgehead atoms. The molecule has 0 atom stereocenters. The fourth-order valence-corrected chi connectivity index (χ4v) is 0.804. The molecule has 0 saturated heterocycles. The number of rotatable bonds is 8. The van der Waals surface area contributed by atoms with Gasteiger partial charge in [-0.15, -0.1) is 5.16 Å². The molecule has 0 aliphatic rings. The molecule has 0 aromatic carbocycles. The van der Waals surface area contributed by atoms with Crippen LogP contribution in [0.1, 0.15) is 13.8 Å². The first kappa shape index (κ1) is 14.4.